The summed E-state index contributed by atoms with van der Waals surface area (Å²) in [5.41, 5.74) is -1.02. The van der Waals surface area contributed by atoms with Crippen molar-refractivity contribution >= 4 is 0 Å². The maximum absolute atomic E-state index is 9.80. The number of aliphatic hydroxyl groups is 1. The second-order valence-corrected chi connectivity index (χ2v) is 4.74. The first-order valence-electron chi connectivity index (χ1n) is 5.19. The van der Waals surface area contributed by atoms with Crippen molar-refractivity contribution in [1.29, 1.82) is 5.26 Å². The van der Waals surface area contributed by atoms with Crippen molar-refractivity contribution in [1.82, 2.24) is 0 Å². The summed E-state index contributed by atoms with van der Waals surface area (Å²) in [6.45, 7) is 4.39. The molecule has 0 spiro atoms. The lowest BCUT2D eigenvalue weighted by Gasteiger charge is -2.32. The van der Waals surface area contributed by atoms with Crippen LogP contribution in [0.4, 0.5) is 0 Å². The van der Waals surface area contributed by atoms with E-state index in [1.54, 1.807) is 0 Å². The van der Waals surface area contributed by atoms with Crippen LogP contribution >= 0.6 is 0 Å². The highest BCUT2D eigenvalue weighted by atomic mass is 16.3. The van der Waals surface area contributed by atoms with Crippen LogP contribution < -0.4 is 0 Å². The molecule has 0 amide bonds. The normalized spacial score (nSPS) is 34.5. The zero-order chi connectivity index (χ0) is 9.90. The number of hydrogen-bond acceptors (Lipinski definition) is 2. The number of nitrogens with zero attached hydrogens (tertiary/aromatic N) is 1. The van der Waals surface area contributed by atoms with Crippen molar-refractivity contribution < 1.29 is 5.11 Å². The molecular weight excluding hydrogens is 162 g/mol. The van der Waals surface area contributed by atoms with Crippen molar-refractivity contribution in [3.8, 4) is 6.07 Å². The second-order valence-electron chi connectivity index (χ2n) is 4.74. The van der Waals surface area contributed by atoms with E-state index in [4.69, 9.17) is 5.26 Å². The molecule has 2 atom stereocenters. The molecule has 0 radical (unpaired) electrons. The Hall–Kier alpha value is -0.550. The van der Waals surface area contributed by atoms with Gasteiger partial charge in [-0.2, -0.15) is 5.26 Å². The van der Waals surface area contributed by atoms with Gasteiger partial charge in [0, 0.05) is 0 Å². The van der Waals surface area contributed by atoms with Crippen molar-refractivity contribution in [2.75, 3.05) is 0 Å². The summed E-state index contributed by atoms with van der Waals surface area (Å²) in [5, 5.41) is 18.6. The Morgan fingerprint density at radius 1 is 1.62 bits per heavy atom. The van der Waals surface area contributed by atoms with Gasteiger partial charge < -0.3 is 5.11 Å². The molecule has 1 saturated carbocycles. The molecule has 0 aromatic heterocycles. The zero-order valence-electron chi connectivity index (χ0n) is 8.58. The molecule has 1 rings (SSSR count). The molecule has 1 N–H and O–H groups in total. The molecule has 1 aliphatic rings. The predicted octanol–water partition coefficient (Wildman–Crippen LogP) is 2.48. The Kier molecular flexibility index (Phi) is 3.33. The highest BCUT2D eigenvalue weighted by molar-refractivity contribution is 5.03. The molecule has 1 fully saturated rings. The Labute approximate surface area is 80.6 Å². The first-order chi connectivity index (χ1) is 6.06. The largest absolute Gasteiger partial charge is 0.375 e. The number of rotatable bonds is 2. The highest BCUT2D eigenvalue weighted by Crippen LogP contribution is 2.35. The summed E-state index contributed by atoms with van der Waals surface area (Å²) in [5.74, 6) is 1.23. The van der Waals surface area contributed by atoms with E-state index in [1.165, 1.54) is 6.42 Å². The summed E-state index contributed by atoms with van der Waals surface area (Å²) >= 11 is 0. The van der Waals surface area contributed by atoms with E-state index in [0.717, 1.165) is 12.8 Å². The fourth-order valence-electron chi connectivity index (χ4n) is 2.33. The van der Waals surface area contributed by atoms with Crippen LogP contribution in [0.2, 0.25) is 0 Å². The molecule has 0 bridgehead atoms. The quantitative estimate of drug-likeness (QED) is 0.665. The lowest BCUT2D eigenvalue weighted by Crippen LogP contribution is -2.33. The fraction of sp³-hybridized carbons (Fsp3) is 0.909. The average Bonchev–Trinajstić information content (AvgIpc) is 2.03. The highest BCUT2D eigenvalue weighted by Gasteiger charge is 2.34. The van der Waals surface area contributed by atoms with Gasteiger partial charge in [-0.1, -0.05) is 20.3 Å². The van der Waals surface area contributed by atoms with Crippen LogP contribution in [0.5, 0.6) is 0 Å². The van der Waals surface area contributed by atoms with E-state index >= 15 is 0 Å². The smallest absolute Gasteiger partial charge is 0.151 e. The third kappa shape index (κ3) is 3.00. The Balaban J connectivity index is 2.48. The van der Waals surface area contributed by atoms with E-state index in [9.17, 15) is 5.11 Å². The maximum Gasteiger partial charge on any atom is 0.151 e. The molecule has 1 aliphatic carbocycles. The fourth-order valence-corrected chi connectivity index (χ4v) is 2.33. The van der Waals surface area contributed by atoms with Crippen molar-refractivity contribution in [3.63, 3.8) is 0 Å². The molecule has 13 heavy (non-hydrogen) atoms. The Bertz CT molecular complexity index is 207. The van der Waals surface area contributed by atoms with Gasteiger partial charge in [-0.05, 0) is 37.5 Å². The third-order valence-corrected chi connectivity index (χ3v) is 2.84. The van der Waals surface area contributed by atoms with Crippen LogP contribution in [0.25, 0.3) is 0 Å². The van der Waals surface area contributed by atoms with Crippen molar-refractivity contribution in [2.24, 2.45) is 11.8 Å². The van der Waals surface area contributed by atoms with Gasteiger partial charge in [-0.15, -0.1) is 0 Å². The minimum Gasteiger partial charge on any atom is -0.375 e. The summed E-state index contributed by atoms with van der Waals surface area (Å²) in [6.07, 6.45) is 4.67. The Morgan fingerprint density at radius 2 is 2.31 bits per heavy atom. The minimum absolute atomic E-state index is 0.554. The topological polar surface area (TPSA) is 44.0 Å². The van der Waals surface area contributed by atoms with Crippen LogP contribution in [0.3, 0.4) is 0 Å². The second kappa shape index (κ2) is 4.11. The summed E-state index contributed by atoms with van der Waals surface area (Å²) in [7, 11) is 0. The van der Waals surface area contributed by atoms with Crippen molar-refractivity contribution in [3.05, 3.63) is 0 Å². The predicted molar refractivity (Wildman–Crippen MR) is 52.0 cm³/mol. The maximum atomic E-state index is 9.80. The monoisotopic (exact) mass is 181 g/mol. The van der Waals surface area contributed by atoms with E-state index in [2.05, 4.69) is 13.8 Å². The van der Waals surface area contributed by atoms with E-state index in [0.29, 0.717) is 24.7 Å². The average molecular weight is 181 g/mol. The van der Waals surface area contributed by atoms with Gasteiger partial charge in [-0.25, -0.2) is 0 Å². The molecule has 2 heteroatoms. The van der Waals surface area contributed by atoms with Crippen LogP contribution in [0.15, 0.2) is 0 Å². The first-order valence-corrected chi connectivity index (χ1v) is 5.19. The molecule has 0 aromatic carbocycles. The molecule has 2 nitrogen and oxygen atoms in total. The molecule has 0 aromatic rings. The van der Waals surface area contributed by atoms with Crippen LogP contribution in [-0.2, 0) is 0 Å². The minimum atomic E-state index is -1.02. The summed E-state index contributed by atoms with van der Waals surface area (Å²) in [6, 6.07) is 2.04. The number of nitriles is 1. The van der Waals surface area contributed by atoms with Gasteiger partial charge in [0.2, 0.25) is 0 Å². The van der Waals surface area contributed by atoms with E-state index < -0.39 is 5.60 Å². The molecule has 0 aliphatic heterocycles. The Morgan fingerprint density at radius 3 is 2.85 bits per heavy atom. The molecule has 0 heterocycles. The standard InChI is InChI=1S/C11H19NO/c1-9(2)6-10-4-3-5-11(13,7-10)8-12/h9-10,13H,3-7H2,1-2H3. The number of hydrogen-bond donors (Lipinski definition) is 1. The zero-order valence-corrected chi connectivity index (χ0v) is 8.58. The van der Waals surface area contributed by atoms with Crippen LogP contribution in [-0.4, -0.2) is 10.7 Å². The van der Waals surface area contributed by atoms with Crippen LogP contribution in [0.1, 0.15) is 46.0 Å². The molecular formula is C11H19NO. The third-order valence-electron chi connectivity index (χ3n) is 2.84. The van der Waals surface area contributed by atoms with Gasteiger partial charge in [0.15, 0.2) is 5.60 Å². The van der Waals surface area contributed by atoms with Gasteiger partial charge >= 0.3 is 0 Å². The van der Waals surface area contributed by atoms with Gasteiger partial charge in [0.25, 0.3) is 0 Å². The van der Waals surface area contributed by atoms with Crippen molar-refractivity contribution in [2.45, 2.75) is 51.6 Å². The lowest BCUT2D eigenvalue weighted by molar-refractivity contribution is 0.0304. The van der Waals surface area contributed by atoms with Gasteiger partial charge in [-0.3, -0.25) is 0 Å². The molecule has 2 unspecified atom stereocenters. The lowest BCUT2D eigenvalue weighted by atomic mass is 9.76. The SMILES string of the molecule is CC(C)CC1CCCC(O)(C#N)C1. The molecule has 0 saturated heterocycles. The summed E-state index contributed by atoms with van der Waals surface area (Å²) in [4.78, 5) is 0. The van der Waals surface area contributed by atoms with E-state index in [-0.39, 0.29) is 0 Å². The van der Waals surface area contributed by atoms with E-state index in [1.807, 2.05) is 6.07 Å². The van der Waals surface area contributed by atoms with Gasteiger partial charge in [0.1, 0.15) is 0 Å². The van der Waals surface area contributed by atoms with Crippen LogP contribution in [0, 0.1) is 23.2 Å². The first kappa shape index (κ1) is 10.5. The van der Waals surface area contributed by atoms with Gasteiger partial charge in [0.05, 0.1) is 6.07 Å². The molecule has 74 valence electrons. The summed E-state index contributed by atoms with van der Waals surface area (Å²) < 4.78 is 0.